The smallest absolute Gasteiger partial charge is 0.0105 e. The van der Waals surface area contributed by atoms with Gasteiger partial charge in [-0.2, -0.15) is 0 Å². The number of hydrogen-bond acceptors (Lipinski definition) is 0. The Balaban J connectivity index is 1.71. The largest absolute Gasteiger partial charge is 0.0622 e. The van der Waals surface area contributed by atoms with Crippen molar-refractivity contribution >= 4 is 24.3 Å². The molecule has 0 heterocycles. The number of rotatable bonds is 5. The van der Waals surface area contributed by atoms with Gasteiger partial charge >= 0.3 is 0 Å². The fraction of sp³-hybridized carbons (Fsp3) is 0. The van der Waals surface area contributed by atoms with Crippen molar-refractivity contribution in [2.75, 3.05) is 0 Å². The summed E-state index contributed by atoms with van der Waals surface area (Å²) in [4.78, 5) is 0. The second-order valence-corrected chi connectivity index (χ2v) is 6.66. The first-order valence-electron chi connectivity index (χ1n) is 9.55. The summed E-state index contributed by atoms with van der Waals surface area (Å²) in [6.45, 7) is 0. The van der Waals surface area contributed by atoms with E-state index in [9.17, 15) is 0 Å². The molecule has 0 fully saturated rings. The molecule has 0 atom stereocenters. The maximum atomic E-state index is 2.20. The Hall–Kier alpha value is -3.64. The fourth-order valence-corrected chi connectivity index (χ4v) is 3.28. The molecule has 4 rings (SSSR count). The molecular weight excluding hydrogens is 336 g/mol. The maximum absolute atomic E-state index is 2.20. The summed E-state index contributed by atoms with van der Waals surface area (Å²) in [7, 11) is 0. The second-order valence-electron chi connectivity index (χ2n) is 6.66. The quantitative estimate of drug-likeness (QED) is 0.321. The molecule has 4 aromatic carbocycles. The first-order valence-corrected chi connectivity index (χ1v) is 9.55. The van der Waals surface area contributed by atoms with Crippen LogP contribution in [0.1, 0.15) is 22.3 Å². The van der Waals surface area contributed by atoms with E-state index < -0.39 is 0 Å². The highest BCUT2D eigenvalue weighted by Gasteiger charge is 2.06. The van der Waals surface area contributed by atoms with E-state index in [-0.39, 0.29) is 0 Å². The van der Waals surface area contributed by atoms with Crippen molar-refractivity contribution in [2.45, 2.75) is 0 Å². The van der Waals surface area contributed by atoms with Crippen LogP contribution in [0.2, 0.25) is 0 Å². The van der Waals surface area contributed by atoms with Crippen LogP contribution in [-0.4, -0.2) is 0 Å². The Labute approximate surface area is 167 Å². The fourth-order valence-electron chi connectivity index (χ4n) is 3.28. The second kappa shape index (κ2) is 8.83. The van der Waals surface area contributed by atoms with Gasteiger partial charge in [0.2, 0.25) is 0 Å². The summed E-state index contributed by atoms with van der Waals surface area (Å²) in [5, 5.41) is 0. The van der Waals surface area contributed by atoms with Crippen molar-refractivity contribution in [3.63, 3.8) is 0 Å². The predicted molar refractivity (Wildman–Crippen MR) is 123 cm³/mol. The van der Waals surface area contributed by atoms with Gasteiger partial charge in [0, 0.05) is 0 Å². The predicted octanol–water partition coefficient (Wildman–Crippen LogP) is 7.69. The van der Waals surface area contributed by atoms with Gasteiger partial charge in [0.25, 0.3) is 0 Å². The average Bonchev–Trinajstić information content (AvgIpc) is 2.78. The summed E-state index contributed by atoms with van der Waals surface area (Å²) in [5.74, 6) is 0. The Morgan fingerprint density at radius 1 is 0.321 bits per heavy atom. The summed E-state index contributed by atoms with van der Waals surface area (Å²) < 4.78 is 0. The van der Waals surface area contributed by atoms with E-state index in [2.05, 4.69) is 121 Å². The molecule has 0 saturated carbocycles. The maximum Gasteiger partial charge on any atom is -0.0105 e. The van der Waals surface area contributed by atoms with E-state index in [1.54, 1.807) is 0 Å². The molecule has 0 aromatic heterocycles. The summed E-state index contributed by atoms with van der Waals surface area (Å²) in [6.07, 6.45) is 8.73. The van der Waals surface area contributed by atoms with Crippen molar-refractivity contribution in [1.82, 2.24) is 0 Å². The van der Waals surface area contributed by atoms with Gasteiger partial charge in [-0.1, -0.05) is 133 Å². The van der Waals surface area contributed by atoms with Crippen LogP contribution in [0.25, 0.3) is 35.4 Å². The Kier molecular flexibility index (Phi) is 5.60. The van der Waals surface area contributed by atoms with Crippen LogP contribution in [0.5, 0.6) is 0 Å². The van der Waals surface area contributed by atoms with Crippen LogP contribution in [0.4, 0.5) is 0 Å². The van der Waals surface area contributed by atoms with E-state index in [4.69, 9.17) is 0 Å². The summed E-state index contributed by atoms with van der Waals surface area (Å²) in [5.41, 5.74) is 7.31. The molecule has 0 bridgehead atoms. The lowest BCUT2D eigenvalue weighted by atomic mass is 9.94. The van der Waals surface area contributed by atoms with Gasteiger partial charge in [-0.25, -0.2) is 0 Å². The van der Waals surface area contributed by atoms with Gasteiger partial charge in [-0.05, 0) is 33.4 Å². The van der Waals surface area contributed by atoms with Gasteiger partial charge in [0.15, 0.2) is 0 Å². The molecule has 0 nitrogen and oxygen atoms in total. The van der Waals surface area contributed by atoms with Crippen LogP contribution >= 0.6 is 0 Å². The monoisotopic (exact) mass is 358 g/mol. The number of hydrogen-bond donors (Lipinski definition) is 0. The Morgan fingerprint density at radius 3 is 1.11 bits per heavy atom. The third kappa shape index (κ3) is 4.36. The van der Waals surface area contributed by atoms with Gasteiger partial charge in [0.1, 0.15) is 0 Å². The van der Waals surface area contributed by atoms with E-state index in [0.29, 0.717) is 0 Å². The van der Waals surface area contributed by atoms with E-state index >= 15 is 0 Å². The van der Waals surface area contributed by atoms with Crippen LogP contribution in [-0.2, 0) is 0 Å². The third-order valence-corrected chi connectivity index (χ3v) is 4.72. The first-order chi connectivity index (χ1) is 13.9. The van der Waals surface area contributed by atoms with Crippen molar-refractivity contribution in [2.24, 2.45) is 0 Å². The Bertz CT molecular complexity index is 996. The van der Waals surface area contributed by atoms with Crippen LogP contribution < -0.4 is 0 Å². The standard InChI is InChI=1S/C28H22/c1-3-11-23(12-4-1)19-21-25-15-7-9-17-27(25)28-18-10-8-16-26(28)22-20-24-13-5-2-6-14-24/h1-22H/b21-19+,22-20+. The normalized spacial score (nSPS) is 11.3. The van der Waals surface area contributed by atoms with Gasteiger partial charge < -0.3 is 0 Å². The van der Waals surface area contributed by atoms with Crippen molar-refractivity contribution in [3.8, 4) is 11.1 Å². The van der Waals surface area contributed by atoms with Gasteiger partial charge in [-0.15, -0.1) is 0 Å². The number of benzene rings is 4. The van der Waals surface area contributed by atoms with Crippen molar-refractivity contribution < 1.29 is 0 Å². The molecule has 0 saturated heterocycles. The zero-order chi connectivity index (χ0) is 19.0. The highest BCUT2D eigenvalue weighted by atomic mass is 14.1. The molecule has 0 N–H and O–H groups in total. The molecule has 0 unspecified atom stereocenters. The zero-order valence-electron chi connectivity index (χ0n) is 15.7. The molecule has 0 aliphatic carbocycles. The average molecular weight is 358 g/mol. The summed E-state index contributed by atoms with van der Waals surface area (Å²) in [6, 6.07) is 38.0. The van der Waals surface area contributed by atoms with Crippen LogP contribution in [0.3, 0.4) is 0 Å². The van der Waals surface area contributed by atoms with E-state index in [1.807, 2.05) is 12.1 Å². The minimum Gasteiger partial charge on any atom is -0.0622 e. The molecule has 134 valence electrons. The molecule has 0 radical (unpaired) electrons. The topological polar surface area (TPSA) is 0 Å². The molecule has 0 aliphatic heterocycles. The van der Waals surface area contributed by atoms with Gasteiger partial charge in [-0.3, -0.25) is 0 Å². The van der Waals surface area contributed by atoms with Gasteiger partial charge in [0.05, 0.1) is 0 Å². The lowest BCUT2D eigenvalue weighted by molar-refractivity contribution is 1.57. The highest BCUT2D eigenvalue weighted by Crippen LogP contribution is 2.29. The zero-order valence-corrected chi connectivity index (χ0v) is 15.7. The Morgan fingerprint density at radius 2 is 0.679 bits per heavy atom. The molecule has 28 heavy (non-hydrogen) atoms. The molecule has 4 aromatic rings. The molecule has 0 amide bonds. The molecule has 0 heteroatoms. The lowest BCUT2D eigenvalue weighted by Crippen LogP contribution is -1.87. The SMILES string of the molecule is C(=C\c1ccccc1-c1ccccc1/C=C/c1ccccc1)/c1ccccc1. The van der Waals surface area contributed by atoms with Crippen molar-refractivity contribution in [3.05, 3.63) is 131 Å². The van der Waals surface area contributed by atoms with Crippen LogP contribution in [0.15, 0.2) is 109 Å². The van der Waals surface area contributed by atoms with E-state index in [0.717, 1.165) is 0 Å². The summed E-state index contributed by atoms with van der Waals surface area (Å²) >= 11 is 0. The lowest BCUT2D eigenvalue weighted by Gasteiger charge is -2.10. The highest BCUT2D eigenvalue weighted by molar-refractivity contribution is 5.86. The minimum absolute atomic E-state index is 1.20. The molecular formula is C28H22. The molecule has 0 aliphatic rings. The minimum atomic E-state index is 1.20. The first kappa shape index (κ1) is 17.8. The van der Waals surface area contributed by atoms with Crippen LogP contribution in [0, 0.1) is 0 Å². The van der Waals surface area contributed by atoms with E-state index in [1.165, 1.54) is 33.4 Å². The third-order valence-electron chi connectivity index (χ3n) is 4.72. The molecule has 0 spiro atoms. The van der Waals surface area contributed by atoms with Crippen molar-refractivity contribution in [1.29, 1.82) is 0 Å².